The van der Waals surface area contributed by atoms with E-state index in [0.717, 1.165) is 36.2 Å². The number of aromatic carboxylic acids is 1. The van der Waals surface area contributed by atoms with Crippen molar-refractivity contribution in [2.24, 2.45) is 0 Å². The quantitative estimate of drug-likeness (QED) is 0.365. The molecule has 0 amide bonds. The van der Waals surface area contributed by atoms with Gasteiger partial charge in [0.1, 0.15) is 29.9 Å². The number of fused-ring (bicyclic) bond motifs is 2. The van der Waals surface area contributed by atoms with E-state index < -0.39 is 16.2 Å². The summed E-state index contributed by atoms with van der Waals surface area (Å²) in [6.07, 6.45) is 11.3. The van der Waals surface area contributed by atoms with Gasteiger partial charge in [-0.05, 0) is 86.2 Å². The van der Waals surface area contributed by atoms with Crippen LogP contribution in [0.4, 0.5) is 11.4 Å². The van der Waals surface area contributed by atoms with Crippen molar-refractivity contribution in [3.63, 3.8) is 0 Å². The number of rotatable bonds is 6. The van der Waals surface area contributed by atoms with Crippen molar-refractivity contribution >= 4 is 23.1 Å². The summed E-state index contributed by atoms with van der Waals surface area (Å²) < 4.78 is 42.8. The number of phenols is 1. The van der Waals surface area contributed by atoms with Crippen LogP contribution in [0.1, 0.15) is 68.4 Å². The number of anilines is 1. The van der Waals surface area contributed by atoms with E-state index >= 15 is 0 Å². The first-order valence-corrected chi connectivity index (χ1v) is 17.4. The van der Waals surface area contributed by atoms with Gasteiger partial charge in [0.25, 0.3) is 0 Å². The number of carbonyl (C=O) groups is 1. The van der Waals surface area contributed by atoms with Gasteiger partial charge in [-0.2, -0.15) is 4.58 Å². The monoisotopic (exact) mass is 700 g/mol. The fourth-order valence-corrected chi connectivity index (χ4v) is 7.18. The molecule has 0 saturated carbocycles. The second kappa shape index (κ2) is 13.9. The lowest BCUT2D eigenvalue weighted by molar-refractivity contribution is -2.00. The van der Waals surface area contributed by atoms with Crippen molar-refractivity contribution in [1.82, 2.24) is 0 Å². The maximum Gasteiger partial charge on any atom is 0.339 e. The summed E-state index contributed by atoms with van der Waals surface area (Å²) in [7, 11) is -0.724. The lowest BCUT2D eigenvalue weighted by Gasteiger charge is -2.25. The highest BCUT2D eigenvalue weighted by atomic mass is 35.7. The minimum absolute atomic E-state index is 0.165. The van der Waals surface area contributed by atoms with Gasteiger partial charge < -0.3 is 19.8 Å². The van der Waals surface area contributed by atoms with Crippen molar-refractivity contribution < 1.29 is 53.2 Å². The van der Waals surface area contributed by atoms with E-state index in [1.165, 1.54) is 46.0 Å². The van der Waals surface area contributed by atoms with E-state index in [2.05, 4.69) is 124 Å². The van der Waals surface area contributed by atoms with Crippen molar-refractivity contribution in [2.45, 2.75) is 57.8 Å². The third-order valence-corrected chi connectivity index (χ3v) is 9.66. The molecule has 3 aliphatic rings. The smallest absolute Gasteiger partial charge is 0.339 e. The average molecular weight is 701 g/mol. The van der Waals surface area contributed by atoms with Gasteiger partial charge in [0.05, 0.1) is 5.41 Å². The molecular weight excluding hydrogens is 660 g/mol. The van der Waals surface area contributed by atoms with Crippen LogP contribution >= 0.6 is 0 Å². The number of aromatic hydroxyl groups is 1. The maximum absolute atomic E-state index is 11.8. The lowest BCUT2D eigenvalue weighted by Crippen LogP contribution is -2.68. The molecule has 1 aliphatic carbocycles. The Bertz CT molecular complexity index is 1980. The number of carboxylic acid groups (broad SMARTS) is 1. The minimum Gasteiger partial charge on any atom is -0.507 e. The Morgan fingerprint density at radius 1 is 0.900 bits per heavy atom. The number of hydrogen-bond donors (Lipinski definition) is 2. The van der Waals surface area contributed by atoms with Crippen LogP contribution in [0.2, 0.25) is 0 Å². The molecule has 50 heavy (non-hydrogen) atoms. The first-order chi connectivity index (χ1) is 23.4. The van der Waals surface area contributed by atoms with Crippen LogP contribution < -0.4 is 28.3 Å². The SMILES string of the molecule is CN1/C(=C/C=C2\CCCC(/C=C/C3=[N+](C)c4ccccc4C3(C)C)=C2Oc2ccc(O)c(C(=O)O)c2)C(C)(C)c2ccccc21.[O-][Cl+3]([O-])([O-])[O-]. The van der Waals surface area contributed by atoms with Crippen LogP contribution in [-0.2, 0) is 10.8 Å². The molecule has 10 nitrogen and oxygen atoms in total. The Morgan fingerprint density at radius 3 is 2.18 bits per heavy atom. The van der Waals surface area contributed by atoms with Crippen molar-refractivity contribution in [2.75, 3.05) is 19.0 Å². The van der Waals surface area contributed by atoms with Gasteiger partial charge in [0.2, 0.25) is 5.69 Å². The van der Waals surface area contributed by atoms with E-state index in [1.807, 2.05) is 0 Å². The zero-order chi connectivity index (χ0) is 36.6. The highest BCUT2D eigenvalue weighted by Crippen LogP contribution is 2.47. The molecule has 11 heteroatoms. The molecule has 3 aromatic rings. The van der Waals surface area contributed by atoms with Crippen LogP contribution in [-0.4, -0.2) is 40.6 Å². The third-order valence-electron chi connectivity index (χ3n) is 9.66. The number of ether oxygens (including phenoxy) is 1. The van der Waals surface area contributed by atoms with E-state index in [9.17, 15) is 15.0 Å². The molecule has 3 aromatic carbocycles. The van der Waals surface area contributed by atoms with Gasteiger partial charge in [0.15, 0.2) is 5.71 Å². The van der Waals surface area contributed by atoms with Gasteiger partial charge in [-0.15, -0.1) is 10.2 Å². The second-order valence-electron chi connectivity index (χ2n) is 13.5. The van der Waals surface area contributed by atoms with Crippen LogP contribution in [0.3, 0.4) is 0 Å². The van der Waals surface area contributed by atoms with Gasteiger partial charge in [-0.3, -0.25) is 0 Å². The summed E-state index contributed by atoms with van der Waals surface area (Å²) in [5.41, 5.74) is 8.96. The van der Waals surface area contributed by atoms with Crippen LogP contribution in [0, 0.1) is 10.2 Å². The van der Waals surface area contributed by atoms with E-state index in [1.54, 1.807) is 6.07 Å². The summed E-state index contributed by atoms with van der Waals surface area (Å²) in [4.78, 5) is 14.0. The summed E-state index contributed by atoms with van der Waals surface area (Å²) in [5.74, 6) is -0.397. The zero-order valence-electron chi connectivity index (χ0n) is 28.9. The topological polar surface area (TPSA) is 165 Å². The molecule has 0 fully saturated rings. The molecule has 0 spiro atoms. The molecule has 2 N–H and O–H groups in total. The molecule has 0 radical (unpaired) electrons. The van der Waals surface area contributed by atoms with E-state index in [-0.39, 0.29) is 22.1 Å². The predicted molar refractivity (Wildman–Crippen MR) is 180 cm³/mol. The van der Waals surface area contributed by atoms with Crippen LogP contribution in [0.5, 0.6) is 11.5 Å². The van der Waals surface area contributed by atoms with Gasteiger partial charge >= 0.3 is 5.97 Å². The van der Waals surface area contributed by atoms with Gasteiger partial charge in [-0.25, -0.2) is 23.4 Å². The van der Waals surface area contributed by atoms with Crippen molar-refractivity contribution in [3.8, 4) is 11.5 Å². The highest BCUT2D eigenvalue weighted by molar-refractivity contribution is 6.03. The number of nitrogens with zero attached hydrogens (tertiary/aromatic N) is 2. The first-order valence-electron chi connectivity index (χ1n) is 16.1. The fraction of sp³-hybridized carbons (Fsp3) is 0.282. The Labute approximate surface area is 294 Å². The average Bonchev–Trinajstić information content (AvgIpc) is 3.36. The fourth-order valence-electron chi connectivity index (χ4n) is 7.18. The van der Waals surface area contributed by atoms with Crippen molar-refractivity contribution in [1.29, 1.82) is 0 Å². The standard InChI is InChI=1S/C39H40N2O4.ClHO4/c1-38(2)29-14-7-9-16-31(29)40(5)34(38)22-18-25-12-11-13-26(36(25)45-27-20-21-33(42)28(24-27)37(43)44)19-23-35-39(3,4)30-15-8-10-17-32(30)41(35)6;2-1(3,4)5/h7-10,14-24H,11-13H2,1-6H3,(H-,42,43,44);(H,2,3,4,5). The molecule has 0 aromatic heterocycles. The van der Waals surface area contributed by atoms with Crippen molar-refractivity contribution in [3.05, 3.63) is 130 Å². The molecular formula is C39H41ClN2O8. The Hall–Kier alpha value is -4.71. The predicted octanol–water partition coefficient (Wildman–Crippen LogP) is 3.65. The third kappa shape index (κ3) is 7.40. The first kappa shape index (κ1) is 36.6. The number of hydrogen-bond acceptors (Lipinski definition) is 8. The number of para-hydroxylation sites is 2. The Kier molecular flexibility index (Phi) is 10.2. The highest BCUT2D eigenvalue weighted by Gasteiger charge is 2.42. The number of carboxylic acids is 1. The molecule has 2 heterocycles. The van der Waals surface area contributed by atoms with E-state index in [0.29, 0.717) is 5.75 Å². The molecule has 0 saturated heterocycles. The summed E-state index contributed by atoms with van der Waals surface area (Å²) in [6, 6.07) is 21.4. The Morgan fingerprint density at radius 2 is 1.54 bits per heavy atom. The zero-order valence-corrected chi connectivity index (χ0v) is 29.7. The summed E-state index contributed by atoms with van der Waals surface area (Å²) in [6.45, 7) is 9.00. The number of likely N-dealkylation sites (N-methyl/N-ethyl adjacent to an activating group) is 1. The molecule has 0 unspecified atom stereocenters. The maximum atomic E-state index is 11.8. The lowest BCUT2D eigenvalue weighted by atomic mass is 9.81. The molecule has 6 rings (SSSR count). The summed E-state index contributed by atoms with van der Waals surface area (Å²) >= 11 is 0. The van der Waals surface area contributed by atoms with Crippen LogP contribution in [0.15, 0.2) is 114 Å². The largest absolute Gasteiger partial charge is 0.507 e. The second-order valence-corrected chi connectivity index (χ2v) is 14.3. The minimum atomic E-state index is -4.94. The van der Waals surface area contributed by atoms with Gasteiger partial charge in [-0.1, -0.05) is 56.3 Å². The molecule has 0 atom stereocenters. The number of benzene rings is 3. The number of allylic oxidation sites excluding steroid dienone is 7. The summed E-state index contributed by atoms with van der Waals surface area (Å²) in [5, 5.41) is 19.8. The Balaban J connectivity index is 0.000000908. The van der Waals surface area contributed by atoms with E-state index in [4.69, 9.17) is 23.4 Å². The van der Waals surface area contributed by atoms with Crippen LogP contribution in [0.25, 0.3) is 0 Å². The normalized spacial score (nSPS) is 19.5. The number of halogens is 1. The van der Waals surface area contributed by atoms with Gasteiger partial charge in [0, 0.05) is 41.6 Å². The molecule has 2 aliphatic heterocycles. The molecule has 0 bridgehead atoms. The molecule has 262 valence electrons.